The monoisotopic (exact) mass is 173 g/mol. The van der Waals surface area contributed by atoms with Gasteiger partial charge in [-0.05, 0) is 5.56 Å². The van der Waals surface area contributed by atoms with E-state index < -0.39 is 6.10 Å². The van der Waals surface area contributed by atoms with Crippen molar-refractivity contribution >= 4 is 6.08 Å². The third-order valence-electron chi connectivity index (χ3n) is 1.61. The summed E-state index contributed by atoms with van der Waals surface area (Å²) < 4.78 is 0. The van der Waals surface area contributed by atoms with Crippen molar-refractivity contribution in [3.05, 3.63) is 42.0 Å². The number of aliphatic hydroxyl groups excluding tert-OH is 1. The van der Waals surface area contributed by atoms with Crippen molar-refractivity contribution < 1.29 is 5.11 Å². The highest BCUT2D eigenvalue weighted by Gasteiger charge is 1.95. The van der Waals surface area contributed by atoms with E-state index in [4.69, 9.17) is 5.26 Å². The van der Waals surface area contributed by atoms with E-state index in [9.17, 15) is 5.11 Å². The lowest BCUT2D eigenvalue weighted by Crippen LogP contribution is -1.98. The van der Waals surface area contributed by atoms with Crippen molar-refractivity contribution in [2.24, 2.45) is 0 Å². The van der Waals surface area contributed by atoms with Crippen LogP contribution in [-0.4, -0.2) is 11.2 Å². The molecular formula is C11H11NO. The smallest absolute Gasteiger partial charge is 0.0854 e. The highest BCUT2D eigenvalue weighted by atomic mass is 16.3. The summed E-state index contributed by atoms with van der Waals surface area (Å²) in [5.74, 6) is 0. The lowest BCUT2D eigenvalue weighted by molar-refractivity contribution is 0.229. The molecule has 0 aromatic heterocycles. The number of rotatable bonds is 3. The molecule has 0 amide bonds. The topological polar surface area (TPSA) is 44.0 Å². The third-order valence-corrected chi connectivity index (χ3v) is 1.61. The largest absolute Gasteiger partial charge is 0.388 e. The van der Waals surface area contributed by atoms with E-state index in [1.165, 1.54) is 0 Å². The standard InChI is InChI=1S/C11H11NO/c12-9-8-11(13)7-6-10-4-2-1-3-5-10/h1-7,11,13H,8H2/b7-6-/t11-/m0/s1. The fraction of sp³-hybridized carbons (Fsp3) is 0.182. The second-order valence-electron chi connectivity index (χ2n) is 2.70. The van der Waals surface area contributed by atoms with Gasteiger partial charge in [-0.15, -0.1) is 0 Å². The molecule has 1 aromatic rings. The van der Waals surface area contributed by atoms with Crippen molar-refractivity contribution in [1.82, 2.24) is 0 Å². The molecule has 0 bridgehead atoms. The molecular weight excluding hydrogens is 162 g/mol. The summed E-state index contributed by atoms with van der Waals surface area (Å²) in [5.41, 5.74) is 1.03. The number of aliphatic hydroxyl groups is 1. The molecule has 1 rings (SSSR count). The first-order valence-electron chi connectivity index (χ1n) is 4.11. The van der Waals surface area contributed by atoms with Crippen LogP contribution in [0.15, 0.2) is 36.4 Å². The average molecular weight is 173 g/mol. The van der Waals surface area contributed by atoms with E-state index >= 15 is 0 Å². The zero-order valence-electron chi connectivity index (χ0n) is 7.22. The highest BCUT2D eigenvalue weighted by molar-refractivity contribution is 5.49. The van der Waals surface area contributed by atoms with Crippen molar-refractivity contribution in [3.8, 4) is 6.07 Å². The predicted molar refractivity (Wildman–Crippen MR) is 51.7 cm³/mol. The molecule has 1 aromatic carbocycles. The molecule has 0 unspecified atom stereocenters. The zero-order valence-corrected chi connectivity index (χ0v) is 7.22. The number of benzene rings is 1. The van der Waals surface area contributed by atoms with E-state index in [0.717, 1.165) is 5.56 Å². The molecule has 0 aliphatic rings. The van der Waals surface area contributed by atoms with Gasteiger partial charge >= 0.3 is 0 Å². The first kappa shape index (κ1) is 9.50. The minimum Gasteiger partial charge on any atom is -0.388 e. The molecule has 0 radical (unpaired) electrons. The SMILES string of the molecule is N#CC[C@@H](O)/C=C\c1ccccc1. The Bertz CT molecular complexity index is 311. The predicted octanol–water partition coefficient (Wildman–Crippen LogP) is 1.97. The van der Waals surface area contributed by atoms with E-state index in [1.807, 2.05) is 42.5 Å². The Morgan fingerprint density at radius 1 is 1.38 bits per heavy atom. The van der Waals surface area contributed by atoms with E-state index in [0.29, 0.717) is 0 Å². The summed E-state index contributed by atoms with van der Waals surface area (Å²) in [4.78, 5) is 0. The summed E-state index contributed by atoms with van der Waals surface area (Å²) in [7, 11) is 0. The van der Waals surface area contributed by atoms with Gasteiger partial charge in [0.25, 0.3) is 0 Å². The Labute approximate surface area is 77.8 Å². The van der Waals surface area contributed by atoms with Gasteiger partial charge in [0.15, 0.2) is 0 Å². The van der Waals surface area contributed by atoms with Gasteiger partial charge in [-0.25, -0.2) is 0 Å². The van der Waals surface area contributed by atoms with Crippen LogP contribution in [0, 0.1) is 11.3 Å². The Hall–Kier alpha value is -1.59. The molecule has 0 aliphatic heterocycles. The highest BCUT2D eigenvalue weighted by Crippen LogP contribution is 2.02. The first-order chi connectivity index (χ1) is 6.33. The molecule has 1 atom stereocenters. The maximum Gasteiger partial charge on any atom is 0.0854 e. The maximum atomic E-state index is 9.20. The molecule has 0 aliphatic carbocycles. The van der Waals surface area contributed by atoms with Crippen molar-refractivity contribution in [3.63, 3.8) is 0 Å². The van der Waals surface area contributed by atoms with Crippen LogP contribution in [0.1, 0.15) is 12.0 Å². The summed E-state index contributed by atoms with van der Waals surface area (Å²) in [6.07, 6.45) is 2.91. The Morgan fingerprint density at radius 2 is 2.08 bits per heavy atom. The molecule has 1 N–H and O–H groups in total. The van der Waals surface area contributed by atoms with Crippen molar-refractivity contribution in [1.29, 1.82) is 5.26 Å². The molecule has 0 saturated carbocycles. The fourth-order valence-electron chi connectivity index (χ4n) is 0.948. The second-order valence-corrected chi connectivity index (χ2v) is 2.70. The summed E-state index contributed by atoms with van der Waals surface area (Å²) in [6.45, 7) is 0. The molecule has 0 saturated heterocycles. The molecule has 0 fully saturated rings. The molecule has 2 nitrogen and oxygen atoms in total. The van der Waals surface area contributed by atoms with Gasteiger partial charge in [-0.2, -0.15) is 5.26 Å². The fourth-order valence-corrected chi connectivity index (χ4v) is 0.948. The van der Waals surface area contributed by atoms with E-state index in [2.05, 4.69) is 0 Å². The molecule has 0 spiro atoms. The van der Waals surface area contributed by atoms with Gasteiger partial charge in [0.1, 0.15) is 0 Å². The second kappa shape index (κ2) is 5.13. The Kier molecular flexibility index (Phi) is 3.74. The van der Waals surface area contributed by atoms with Gasteiger partial charge in [-0.3, -0.25) is 0 Å². The Balaban J connectivity index is 2.55. The molecule has 13 heavy (non-hydrogen) atoms. The maximum absolute atomic E-state index is 9.20. The zero-order chi connectivity index (χ0) is 9.52. The summed E-state index contributed by atoms with van der Waals surface area (Å²) in [6, 6.07) is 11.6. The van der Waals surface area contributed by atoms with Gasteiger partial charge in [0.2, 0.25) is 0 Å². The lowest BCUT2D eigenvalue weighted by Gasteiger charge is -1.97. The van der Waals surface area contributed by atoms with Crippen LogP contribution in [0.3, 0.4) is 0 Å². The van der Waals surface area contributed by atoms with Crippen molar-refractivity contribution in [2.45, 2.75) is 12.5 Å². The van der Waals surface area contributed by atoms with Crippen LogP contribution in [0.5, 0.6) is 0 Å². The lowest BCUT2D eigenvalue weighted by atomic mass is 10.2. The van der Waals surface area contributed by atoms with Crippen LogP contribution < -0.4 is 0 Å². The average Bonchev–Trinajstić information content (AvgIpc) is 2.17. The minimum absolute atomic E-state index is 0.142. The first-order valence-corrected chi connectivity index (χ1v) is 4.11. The number of hydrogen-bond donors (Lipinski definition) is 1. The molecule has 0 heterocycles. The van der Waals surface area contributed by atoms with Crippen LogP contribution in [0.2, 0.25) is 0 Å². The normalized spacial score (nSPS) is 12.6. The van der Waals surface area contributed by atoms with Gasteiger partial charge in [0.05, 0.1) is 18.6 Å². The molecule has 2 heteroatoms. The summed E-state index contributed by atoms with van der Waals surface area (Å²) in [5, 5.41) is 17.5. The van der Waals surface area contributed by atoms with Gasteiger partial charge < -0.3 is 5.11 Å². The number of hydrogen-bond acceptors (Lipinski definition) is 2. The van der Waals surface area contributed by atoms with Crippen LogP contribution >= 0.6 is 0 Å². The number of nitriles is 1. The Morgan fingerprint density at radius 3 is 2.69 bits per heavy atom. The molecule has 66 valence electrons. The van der Waals surface area contributed by atoms with E-state index in [1.54, 1.807) is 6.08 Å². The third kappa shape index (κ3) is 3.55. The number of nitrogens with zero attached hydrogens (tertiary/aromatic N) is 1. The van der Waals surface area contributed by atoms with Gasteiger partial charge in [0, 0.05) is 0 Å². The van der Waals surface area contributed by atoms with Crippen LogP contribution in [-0.2, 0) is 0 Å². The minimum atomic E-state index is -0.662. The van der Waals surface area contributed by atoms with Crippen LogP contribution in [0.25, 0.3) is 6.08 Å². The summed E-state index contributed by atoms with van der Waals surface area (Å²) >= 11 is 0. The van der Waals surface area contributed by atoms with Crippen LogP contribution in [0.4, 0.5) is 0 Å². The van der Waals surface area contributed by atoms with Gasteiger partial charge in [-0.1, -0.05) is 42.5 Å². The quantitative estimate of drug-likeness (QED) is 0.759. The van der Waals surface area contributed by atoms with Crippen molar-refractivity contribution in [2.75, 3.05) is 0 Å². The van der Waals surface area contributed by atoms with E-state index in [-0.39, 0.29) is 6.42 Å².